The number of phenolic OH excluding ortho intramolecular Hbond substituents is 2. The summed E-state index contributed by atoms with van der Waals surface area (Å²) in [5.41, 5.74) is 46.5. The molecule has 0 aliphatic heterocycles. The van der Waals surface area contributed by atoms with E-state index < -0.39 is 202 Å². The molecular formula is C68H114N24O19S2. The van der Waals surface area contributed by atoms with Gasteiger partial charge in [-0.25, -0.2) is 4.79 Å². The van der Waals surface area contributed by atoms with Crippen LogP contribution in [0.3, 0.4) is 0 Å². The summed E-state index contributed by atoms with van der Waals surface area (Å²) in [6.07, 6.45) is -5.46. The number of aliphatic carboxylic acids is 1. The van der Waals surface area contributed by atoms with E-state index in [0.717, 1.165) is 6.92 Å². The lowest BCUT2D eigenvalue weighted by molar-refractivity contribution is -0.142. The smallest absolute Gasteiger partial charge is 0.326 e. The standard InChI is InChI=1S/C68H114N24O19S2/c1-33(93)50(74)62(107)87-45(29-35-12-16-37(95)17-13-35)60(105)92-52(68(3,4)113)64(109)88-46(31-49(73)97)59(104)83-40(10-7-27-79-66(75)76)53(98)84-44(22-26-72)58(103)91-51(34(2)94)63(108)86-43(21-25-71)57(102)81-39(9-5-6-23-69)55(100)90-48(32-112)61(106)85-42(20-24-70)56(101)82-41(11-8-28-80-67(77)78)54(99)89-47(65(110)111)30-36-14-18-38(96)19-15-36/h12-19,33-34,39-48,50-52,93-96,112-113H,5-11,20-32,69-72,74H2,1-4H3,(H2,73,97)(H,81,102)(H,82,101)(H,83,104)(H,84,98)(H,85,106)(H,86,108)(H,87,107)(H,88,109)(H,89,99)(H,90,100)(H,91,103)(H,92,105)(H,110,111)(H4,75,76,79)(H4,77,78,80)/t33-,34-,39+,40+,41+,42+,43-,44+,45+,46+,47+,48+,50+,51+,52-/m1/s1. The van der Waals surface area contributed by atoms with Crippen LogP contribution < -0.4 is 120 Å². The fourth-order valence-electron chi connectivity index (χ4n) is 10.8. The van der Waals surface area contributed by atoms with E-state index in [1.807, 2.05) is 0 Å². The molecular weight excluding hydrogens is 1520 g/mol. The zero-order valence-electron chi connectivity index (χ0n) is 63.4. The summed E-state index contributed by atoms with van der Waals surface area (Å²) in [5, 5.41) is 100. The van der Waals surface area contributed by atoms with Crippen molar-refractivity contribution in [1.82, 2.24) is 74.4 Å². The molecule has 0 radical (unpaired) electrons. The second-order valence-electron chi connectivity index (χ2n) is 27.1. The van der Waals surface area contributed by atoms with E-state index in [9.17, 15) is 92.7 Å². The van der Waals surface area contributed by atoms with E-state index in [4.69, 9.17) is 56.7 Å². The van der Waals surface area contributed by atoms with Gasteiger partial charge in [-0.15, -0.1) is 0 Å². The third-order valence-corrected chi connectivity index (χ3v) is 17.7. The Labute approximate surface area is 663 Å². The average molecular weight is 1640 g/mol. The van der Waals surface area contributed by atoms with Crippen LogP contribution in [-0.4, -0.2) is 261 Å². The van der Waals surface area contributed by atoms with Gasteiger partial charge in [0.15, 0.2) is 11.9 Å². The third-order valence-electron chi connectivity index (χ3n) is 17.1. The molecule has 113 heavy (non-hydrogen) atoms. The maximum Gasteiger partial charge on any atom is 0.326 e. The number of primary amides is 1. The SMILES string of the molecule is C[C@@H](O)[C@H](N)C(=O)N[C@@H](Cc1ccc(O)cc1)C(=O)N[C@H](C(=O)N[C@@H](CC(N)=O)C(=O)N[C@@H](CCCNC(=N)N)C(=O)N[C@@H](CCN)C(=O)N[C@H](C(=O)N[C@H](CCN)C(=O)N[C@@H](CCCCN)C(=O)N[C@@H](CS)C(=O)N[C@@H](CCN)C(=O)N[C@@H](CCCNC(=N)N)C(=O)N[C@@H](Cc1ccc(O)cc1)C(=O)O)[C@@H](C)O)C(C)(C)S. The summed E-state index contributed by atoms with van der Waals surface area (Å²) in [6.45, 7) is 4.42. The number of aliphatic hydroxyl groups is 2. The van der Waals surface area contributed by atoms with Gasteiger partial charge in [-0.05, 0) is 153 Å². The summed E-state index contributed by atoms with van der Waals surface area (Å²) in [7, 11) is 0. The van der Waals surface area contributed by atoms with Crippen molar-refractivity contribution in [3.63, 3.8) is 0 Å². The fraction of sp³-hybridized carbons (Fsp3) is 0.588. The number of benzene rings is 2. The van der Waals surface area contributed by atoms with Crippen LogP contribution in [0.2, 0.25) is 0 Å². The van der Waals surface area contributed by atoms with E-state index in [0.29, 0.717) is 17.5 Å². The van der Waals surface area contributed by atoms with Crippen molar-refractivity contribution in [3.8, 4) is 11.5 Å². The third kappa shape index (κ3) is 36.7. The fourth-order valence-corrected chi connectivity index (χ4v) is 11.2. The first-order valence-electron chi connectivity index (χ1n) is 36.2. The number of phenols is 2. The zero-order valence-corrected chi connectivity index (χ0v) is 65.2. The van der Waals surface area contributed by atoms with Crippen molar-refractivity contribution in [3.05, 3.63) is 59.7 Å². The molecule has 37 N–H and O–H groups in total. The molecule has 0 unspecified atom stereocenters. The Bertz CT molecular complexity index is 3530. The first-order valence-corrected chi connectivity index (χ1v) is 37.3. The molecule has 0 saturated heterocycles. The zero-order chi connectivity index (χ0) is 85.4. The molecule has 0 saturated carbocycles. The minimum absolute atomic E-state index is 0.0402. The molecule has 45 heteroatoms. The number of hydrogen-bond acceptors (Lipinski definition) is 27. The molecule has 2 aromatic carbocycles. The van der Waals surface area contributed by atoms with Gasteiger partial charge in [0, 0.05) is 36.4 Å². The number of amides is 13. The monoisotopic (exact) mass is 1630 g/mol. The van der Waals surface area contributed by atoms with Crippen molar-refractivity contribution in [2.24, 2.45) is 45.9 Å². The quantitative estimate of drug-likeness (QED) is 0.0127. The topological polar surface area (TPSA) is 764 Å². The molecule has 0 spiro atoms. The Morgan fingerprint density at radius 1 is 0.416 bits per heavy atom. The van der Waals surface area contributed by atoms with E-state index in [1.165, 1.54) is 69.3 Å². The summed E-state index contributed by atoms with van der Waals surface area (Å²) in [6, 6.07) is -9.93. The largest absolute Gasteiger partial charge is 0.508 e. The predicted octanol–water partition coefficient (Wildman–Crippen LogP) is -9.91. The second kappa shape index (κ2) is 50.5. The normalized spacial score (nSPS) is 15.2. The highest BCUT2D eigenvalue weighted by atomic mass is 32.1. The number of carboxylic acid groups (broad SMARTS) is 1. The summed E-state index contributed by atoms with van der Waals surface area (Å²) in [5.74, 6) is -16.8. The maximum atomic E-state index is 14.4. The van der Waals surface area contributed by atoms with Crippen molar-refractivity contribution in [2.45, 2.75) is 207 Å². The van der Waals surface area contributed by atoms with Crippen LogP contribution >= 0.6 is 25.3 Å². The number of carboxylic acids is 1. The van der Waals surface area contributed by atoms with Crippen molar-refractivity contribution in [2.75, 3.05) is 45.0 Å². The highest BCUT2D eigenvalue weighted by Crippen LogP contribution is 2.21. The van der Waals surface area contributed by atoms with Crippen LogP contribution in [0.4, 0.5) is 0 Å². The number of unbranched alkanes of at least 4 members (excludes halogenated alkanes) is 1. The number of aliphatic hydroxyl groups excluding tert-OH is 2. The molecule has 0 heterocycles. The number of nitrogens with two attached hydrogens (primary N) is 8. The molecule has 2 aromatic rings. The minimum Gasteiger partial charge on any atom is -0.508 e. The number of carbonyl (C=O) groups excluding carboxylic acids is 13. The molecule has 0 aliphatic rings. The van der Waals surface area contributed by atoms with Gasteiger partial charge < -0.3 is 146 Å². The molecule has 0 fully saturated rings. The predicted molar refractivity (Wildman–Crippen MR) is 419 cm³/mol. The van der Waals surface area contributed by atoms with Crippen molar-refractivity contribution in [1.29, 1.82) is 10.8 Å². The number of carbonyl (C=O) groups is 14. The van der Waals surface area contributed by atoms with Crippen LogP contribution in [0.1, 0.15) is 109 Å². The Hall–Kier alpha value is -10.4. The lowest BCUT2D eigenvalue weighted by Gasteiger charge is -2.33. The lowest BCUT2D eigenvalue weighted by atomic mass is 9.99. The number of aromatic hydroxyl groups is 2. The Balaban J connectivity index is 2.44. The van der Waals surface area contributed by atoms with Gasteiger partial charge in [-0.3, -0.25) is 73.1 Å². The van der Waals surface area contributed by atoms with Gasteiger partial charge in [-0.2, -0.15) is 25.3 Å². The maximum absolute atomic E-state index is 14.4. The first kappa shape index (κ1) is 98.7. The van der Waals surface area contributed by atoms with E-state index in [-0.39, 0.29) is 121 Å². The van der Waals surface area contributed by atoms with Gasteiger partial charge in [0.05, 0.1) is 18.6 Å². The second-order valence-corrected chi connectivity index (χ2v) is 28.6. The van der Waals surface area contributed by atoms with Gasteiger partial charge in [0.25, 0.3) is 0 Å². The van der Waals surface area contributed by atoms with Gasteiger partial charge >= 0.3 is 5.97 Å². The van der Waals surface area contributed by atoms with Crippen LogP contribution in [0, 0.1) is 10.8 Å². The summed E-state index contributed by atoms with van der Waals surface area (Å²) in [4.78, 5) is 194. The summed E-state index contributed by atoms with van der Waals surface area (Å²) < 4.78 is -1.51. The molecule has 0 aliphatic carbocycles. The van der Waals surface area contributed by atoms with Crippen LogP contribution in [0.15, 0.2) is 48.5 Å². The first-order chi connectivity index (χ1) is 53.1. The van der Waals surface area contributed by atoms with Crippen LogP contribution in [0.25, 0.3) is 0 Å². The molecule has 632 valence electrons. The van der Waals surface area contributed by atoms with E-state index in [1.54, 1.807) is 0 Å². The highest BCUT2D eigenvalue weighted by Gasteiger charge is 2.41. The van der Waals surface area contributed by atoms with Crippen LogP contribution in [0.5, 0.6) is 11.5 Å². The molecule has 43 nitrogen and oxygen atoms in total. The Kier molecular flexibility index (Phi) is 44.1. The minimum atomic E-state index is -1.93. The number of rotatable bonds is 53. The van der Waals surface area contributed by atoms with E-state index in [2.05, 4.69) is 99.7 Å². The van der Waals surface area contributed by atoms with Gasteiger partial charge in [0.2, 0.25) is 76.8 Å². The molecule has 15 atom stereocenters. The molecule has 0 aromatic heterocycles. The Morgan fingerprint density at radius 2 is 0.743 bits per heavy atom. The van der Waals surface area contributed by atoms with Crippen molar-refractivity contribution >= 4 is 120 Å². The molecule has 13 amide bonds. The number of thiol groups is 2. The van der Waals surface area contributed by atoms with E-state index >= 15 is 0 Å². The number of nitrogens with one attached hydrogen (secondary N) is 16. The molecule has 2 rings (SSSR count). The van der Waals surface area contributed by atoms with Crippen LogP contribution in [-0.2, 0) is 80.0 Å². The number of guanidine groups is 2. The molecule has 0 bridgehead atoms. The van der Waals surface area contributed by atoms with Gasteiger partial charge in [-0.1, -0.05) is 24.3 Å². The number of hydrogen-bond donors (Lipinski definition) is 31. The average Bonchev–Trinajstić information content (AvgIpc) is 0.826. The van der Waals surface area contributed by atoms with Gasteiger partial charge in [0.1, 0.15) is 90.0 Å². The lowest BCUT2D eigenvalue weighted by Crippen LogP contribution is -2.64. The Morgan fingerprint density at radius 3 is 1.10 bits per heavy atom. The highest BCUT2D eigenvalue weighted by molar-refractivity contribution is 7.81. The van der Waals surface area contributed by atoms with Crippen molar-refractivity contribution < 1.29 is 92.7 Å². The summed E-state index contributed by atoms with van der Waals surface area (Å²) >= 11 is 8.77.